The van der Waals surface area contributed by atoms with Gasteiger partial charge in [-0.15, -0.1) is 0 Å². The van der Waals surface area contributed by atoms with Crippen LogP contribution in [0.4, 0.5) is 0 Å². The van der Waals surface area contributed by atoms with Gasteiger partial charge in [0.2, 0.25) is 0 Å². The van der Waals surface area contributed by atoms with Gasteiger partial charge < -0.3 is 15.3 Å². The number of nitrogens with two attached hydrogens (primary N) is 1. The molecule has 0 aliphatic rings. The van der Waals surface area contributed by atoms with E-state index in [9.17, 15) is 5.11 Å². The zero-order chi connectivity index (χ0) is 13.1. The van der Waals surface area contributed by atoms with Crippen LogP contribution in [0.15, 0.2) is 33.9 Å². The number of oxazole rings is 1. The van der Waals surface area contributed by atoms with Gasteiger partial charge >= 0.3 is 0 Å². The second-order valence-electron chi connectivity index (χ2n) is 4.61. The highest BCUT2D eigenvalue weighted by atomic mass is 32.2. The zero-order valence-corrected chi connectivity index (χ0v) is 11.4. The Morgan fingerprint density at radius 2 is 2.11 bits per heavy atom. The number of aliphatic hydroxyl groups excluding tert-OH is 1. The third kappa shape index (κ3) is 2.85. The third-order valence-electron chi connectivity index (χ3n) is 2.91. The molecule has 18 heavy (non-hydrogen) atoms. The quantitative estimate of drug-likeness (QED) is 0.812. The molecule has 98 valence electrons. The monoisotopic (exact) mass is 266 g/mol. The lowest BCUT2D eigenvalue weighted by molar-refractivity contribution is 0.268. The van der Waals surface area contributed by atoms with Crippen LogP contribution >= 0.6 is 11.8 Å². The summed E-state index contributed by atoms with van der Waals surface area (Å²) in [5.74, 6) is 0.305. The average molecular weight is 266 g/mol. The van der Waals surface area contributed by atoms with Crippen molar-refractivity contribution in [1.82, 2.24) is 4.98 Å². The van der Waals surface area contributed by atoms with Crippen molar-refractivity contribution in [3.8, 4) is 0 Å². The zero-order valence-electron chi connectivity index (χ0n) is 10.5. The van der Waals surface area contributed by atoms with E-state index < -0.39 is 0 Å². The van der Waals surface area contributed by atoms with Crippen molar-refractivity contribution < 1.29 is 9.52 Å². The molecule has 0 radical (unpaired) electrons. The number of nitrogens with zero attached hydrogens (tertiary/aromatic N) is 1. The van der Waals surface area contributed by atoms with E-state index in [0.29, 0.717) is 11.1 Å². The number of hydrogen-bond donors (Lipinski definition) is 2. The van der Waals surface area contributed by atoms with Gasteiger partial charge in [-0.2, -0.15) is 0 Å². The molecule has 0 saturated carbocycles. The number of thioether (sulfide) groups is 1. The lowest BCUT2D eigenvalue weighted by Gasteiger charge is -2.23. The summed E-state index contributed by atoms with van der Waals surface area (Å²) in [5.41, 5.74) is 7.65. The van der Waals surface area contributed by atoms with E-state index in [-0.39, 0.29) is 17.9 Å². The smallest absolute Gasteiger partial charge is 0.257 e. The van der Waals surface area contributed by atoms with Gasteiger partial charge in [0.1, 0.15) is 5.52 Å². The molecule has 1 aromatic heterocycles. The molecule has 1 aromatic carbocycles. The number of benzene rings is 1. The largest absolute Gasteiger partial charge is 0.431 e. The third-order valence-corrected chi connectivity index (χ3v) is 4.05. The van der Waals surface area contributed by atoms with Crippen molar-refractivity contribution >= 4 is 22.9 Å². The maximum absolute atomic E-state index is 9.41. The van der Waals surface area contributed by atoms with Gasteiger partial charge in [-0.3, -0.25) is 0 Å². The molecule has 2 aromatic rings. The van der Waals surface area contributed by atoms with Gasteiger partial charge in [0.15, 0.2) is 5.58 Å². The van der Waals surface area contributed by atoms with Crippen LogP contribution in [0.1, 0.15) is 13.8 Å². The Labute approximate surface area is 111 Å². The fraction of sp³-hybridized carbons (Fsp3) is 0.462. The molecule has 0 saturated heterocycles. The lowest BCUT2D eigenvalue weighted by Crippen LogP contribution is -2.39. The van der Waals surface area contributed by atoms with Crippen molar-refractivity contribution in [3.63, 3.8) is 0 Å². The second kappa shape index (κ2) is 5.73. The molecule has 1 heterocycles. The topological polar surface area (TPSA) is 72.3 Å². The molecule has 0 bridgehead atoms. The second-order valence-corrected chi connectivity index (χ2v) is 5.80. The summed E-state index contributed by atoms with van der Waals surface area (Å²) in [5, 5.41) is 9.87. The van der Waals surface area contributed by atoms with Crippen LogP contribution < -0.4 is 5.73 Å². The molecule has 0 amide bonds. The predicted molar refractivity (Wildman–Crippen MR) is 73.6 cm³/mol. The standard InChI is InChI=1S/C13H18N2O2S/c1-8(2)12(14)11(7-16)18-13-15-9-5-3-4-6-10(9)17-13/h3-6,8,11-12,16H,7,14H2,1-2H3. The summed E-state index contributed by atoms with van der Waals surface area (Å²) in [7, 11) is 0. The van der Waals surface area contributed by atoms with Crippen molar-refractivity contribution in [2.24, 2.45) is 11.7 Å². The van der Waals surface area contributed by atoms with Crippen molar-refractivity contribution in [3.05, 3.63) is 24.3 Å². The molecule has 0 spiro atoms. The number of aliphatic hydroxyl groups is 1. The molecule has 2 atom stereocenters. The van der Waals surface area contributed by atoms with E-state index in [4.69, 9.17) is 10.2 Å². The van der Waals surface area contributed by atoms with Crippen molar-refractivity contribution in [2.45, 2.75) is 30.4 Å². The van der Waals surface area contributed by atoms with E-state index >= 15 is 0 Å². The fourth-order valence-corrected chi connectivity index (χ4v) is 2.79. The van der Waals surface area contributed by atoms with E-state index in [0.717, 1.165) is 11.1 Å². The highest BCUT2D eigenvalue weighted by Gasteiger charge is 2.23. The predicted octanol–water partition coefficient (Wildman–Crippen LogP) is 2.26. The highest BCUT2D eigenvalue weighted by molar-refractivity contribution is 7.99. The molecule has 0 aliphatic carbocycles. The highest BCUT2D eigenvalue weighted by Crippen LogP contribution is 2.29. The number of fused-ring (bicyclic) bond motifs is 1. The molecule has 0 fully saturated rings. The molecule has 2 unspecified atom stereocenters. The van der Waals surface area contributed by atoms with Crippen LogP contribution in [0, 0.1) is 5.92 Å². The summed E-state index contributed by atoms with van der Waals surface area (Å²) < 4.78 is 5.62. The molecule has 5 heteroatoms. The van der Waals surface area contributed by atoms with Crippen LogP contribution in [-0.4, -0.2) is 28.0 Å². The molecular weight excluding hydrogens is 248 g/mol. The van der Waals surface area contributed by atoms with Gasteiger partial charge in [0.05, 0.1) is 11.9 Å². The Kier molecular flexibility index (Phi) is 4.27. The molecule has 0 aliphatic heterocycles. The van der Waals surface area contributed by atoms with Gasteiger partial charge in [-0.25, -0.2) is 4.98 Å². The lowest BCUT2D eigenvalue weighted by atomic mass is 10.0. The van der Waals surface area contributed by atoms with Gasteiger partial charge in [-0.05, 0) is 18.1 Å². The number of para-hydroxylation sites is 2. The van der Waals surface area contributed by atoms with Gasteiger partial charge in [0.25, 0.3) is 5.22 Å². The van der Waals surface area contributed by atoms with Crippen LogP contribution in [0.2, 0.25) is 0 Å². The minimum absolute atomic E-state index is 0.0166. The normalized spacial score (nSPS) is 15.2. The summed E-state index contributed by atoms with van der Waals surface area (Å²) >= 11 is 1.40. The summed E-state index contributed by atoms with van der Waals surface area (Å²) in [6.45, 7) is 4.10. The van der Waals surface area contributed by atoms with E-state index in [1.165, 1.54) is 11.8 Å². The molecular formula is C13H18N2O2S. The number of rotatable bonds is 5. The summed E-state index contributed by atoms with van der Waals surface area (Å²) in [4.78, 5) is 4.37. The first kappa shape index (κ1) is 13.4. The van der Waals surface area contributed by atoms with Crippen LogP contribution in [0.25, 0.3) is 11.1 Å². The maximum Gasteiger partial charge on any atom is 0.257 e. The van der Waals surface area contributed by atoms with Crippen LogP contribution in [0.3, 0.4) is 0 Å². The summed E-state index contributed by atoms with van der Waals surface area (Å²) in [6, 6.07) is 7.52. The molecule has 4 nitrogen and oxygen atoms in total. The Bertz CT molecular complexity index is 479. The molecule has 3 N–H and O–H groups in total. The van der Waals surface area contributed by atoms with E-state index in [1.54, 1.807) is 0 Å². The first-order valence-corrected chi connectivity index (χ1v) is 6.88. The number of aromatic nitrogens is 1. The fourth-order valence-electron chi connectivity index (χ4n) is 1.70. The minimum Gasteiger partial charge on any atom is -0.431 e. The van der Waals surface area contributed by atoms with Gasteiger partial charge in [0, 0.05) is 6.04 Å². The Morgan fingerprint density at radius 1 is 1.39 bits per heavy atom. The summed E-state index contributed by atoms with van der Waals surface area (Å²) in [6.07, 6.45) is 0. The van der Waals surface area contributed by atoms with Crippen molar-refractivity contribution in [1.29, 1.82) is 0 Å². The van der Waals surface area contributed by atoms with Crippen LogP contribution in [0.5, 0.6) is 0 Å². The van der Waals surface area contributed by atoms with E-state index in [2.05, 4.69) is 4.98 Å². The first-order valence-electron chi connectivity index (χ1n) is 6.00. The molecule has 2 rings (SSSR count). The average Bonchev–Trinajstić information content (AvgIpc) is 2.77. The van der Waals surface area contributed by atoms with Crippen molar-refractivity contribution in [2.75, 3.05) is 6.61 Å². The Morgan fingerprint density at radius 3 is 2.72 bits per heavy atom. The van der Waals surface area contributed by atoms with Gasteiger partial charge in [-0.1, -0.05) is 37.7 Å². The Balaban J connectivity index is 2.16. The minimum atomic E-state index is -0.0990. The number of hydrogen-bond acceptors (Lipinski definition) is 5. The SMILES string of the molecule is CC(C)C(N)C(CO)Sc1nc2ccccc2o1. The van der Waals surface area contributed by atoms with E-state index in [1.807, 2.05) is 38.1 Å². The first-order chi connectivity index (χ1) is 8.61. The maximum atomic E-state index is 9.41. The Hall–Kier alpha value is -1.04. The van der Waals surface area contributed by atoms with Crippen LogP contribution in [-0.2, 0) is 0 Å².